The van der Waals surface area contributed by atoms with Crippen LogP contribution in [-0.4, -0.2) is 6.54 Å². The predicted octanol–water partition coefficient (Wildman–Crippen LogP) is 6.12. The average molecular weight is 491 g/mol. The molecule has 1 unspecified atom stereocenters. The highest BCUT2D eigenvalue weighted by Gasteiger charge is 2.18. The molecule has 0 radical (unpaired) electrons. The van der Waals surface area contributed by atoms with Crippen molar-refractivity contribution in [2.45, 2.75) is 13.0 Å². The summed E-state index contributed by atoms with van der Waals surface area (Å²) in [5.41, 5.74) is 1.15. The van der Waals surface area contributed by atoms with Crippen molar-refractivity contribution in [1.82, 2.24) is 5.32 Å². The van der Waals surface area contributed by atoms with E-state index in [4.69, 9.17) is 23.2 Å². The molecule has 0 aliphatic heterocycles. The van der Waals surface area contributed by atoms with Crippen molar-refractivity contribution in [2.24, 2.45) is 0 Å². The van der Waals surface area contributed by atoms with Crippen molar-refractivity contribution in [3.63, 3.8) is 0 Å². The molecule has 0 bridgehead atoms. The summed E-state index contributed by atoms with van der Waals surface area (Å²) in [6.45, 7) is 2.97. The summed E-state index contributed by atoms with van der Waals surface area (Å²) in [5.74, 6) is 0. The van der Waals surface area contributed by atoms with Crippen molar-refractivity contribution in [3.05, 3.63) is 52.1 Å². The van der Waals surface area contributed by atoms with Gasteiger partial charge in [-0.25, -0.2) is 0 Å². The van der Waals surface area contributed by atoms with Crippen LogP contribution in [0.15, 0.2) is 28.7 Å². The summed E-state index contributed by atoms with van der Waals surface area (Å²) in [6, 6.07) is 8.33. The molecule has 0 amide bonds. The third kappa shape index (κ3) is 3.86. The Labute approximate surface area is 149 Å². The molecule has 0 aliphatic carbocycles. The molecule has 1 nitrogen and oxygen atoms in total. The molecule has 2 aromatic rings. The molecule has 1 aromatic carbocycles. The maximum atomic E-state index is 6.21. The van der Waals surface area contributed by atoms with E-state index in [1.54, 1.807) is 11.3 Å². The van der Waals surface area contributed by atoms with Crippen LogP contribution in [0.25, 0.3) is 0 Å². The molecule has 0 fully saturated rings. The lowest BCUT2D eigenvalue weighted by Crippen LogP contribution is -2.21. The fourth-order valence-electron chi connectivity index (χ4n) is 1.78. The first-order chi connectivity index (χ1) is 9.02. The van der Waals surface area contributed by atoms with Gasteiger partial charge in [0, 0.05) is 12.9 Å². The molecule has 0 aliphatic rings. The Bertz CT molecular complexity index is 569. The minimum Gasteiger partial charge on any atom is -0.306 e. The summed E-state index contributed by atoms with van der Waals surface area (Å²) in [6.07, 6.45) is 0. The lowest BCUT2D eigenvalue weighted by Gasteiger charge is -2.17. The SMILES string of the molecule is CCNC(c1ccc(I)c(Cl)c1)c1cc(Br)c(Cl)s1. The van der Waals surface area contributed by atoms with Gasteiger partial charge >= 0.3 is 0 Å². The van der Waals surface area contributed by atoms with Gasteiger partial charge in [0.15, 0.2) is 0 Å². The van der Waals surface area contributed by atoms with E-state index in [1.807, 2.05) is 12.1 Å². The van der Waals surface area contributed by atoms with Crippen LogP contribution in [0.2, 0.25) is 9.36 Å². The zero-order valence-corrected chi connectivity index (χ0v) is 16.1. The third-order valence-corrected chi connectivity index (χ3v) is 6.75. The number of halogens is 4. The maximum absolute atomic E-state index is 6.21. The molecule has 1 aromatic heterocycles. The number of thiophene rings is 1. The van der Waals surface area contributed by atoms with Crippen molar-refractivity contribution < 1.29 is 0 Å². The normalized spacial score (nSPS) is 12.7. The molecule has 0 saturated heterocycles. The first-order valence-corrected chi connectivity index (χ1v) is 9.10. The van der Waals surface area contributed by atoms with E-state index < -0.39 is 0 Å². The third-order valence-electron chi connectivity index (χ3n) is 2.63. The Balaban J connectivity index is 2.41. The number of hydrogen-bond acceptors (Lipinski definition) is 2. The summed E-state index contributed by atoms with van der Waals surface area (Å²) in [5, 5.41) is 4.25. The lowest BCUT2D eigenvalue weighted by atomic mass is 10.1. The molecule has 1 atom stereocenters. The molecular formula is C13H11BrCl2INS. The number of benzene rings is 1. The number of nitrogens with one attached hydrogen (secondary N) is 1. The van der Waals surface area contributed by atoms with Crippen molar-refractivity contribution >= 4 is 73.1 Å². The van der Waals surface area contributed by atoms with Gasteiger partial charge in [0.25, 0.3) is 0 Å². The molecule has 1 N–H and O–H groups in total. The van der Waals surface area contributed by atoms with E-state index in [0.29, 0.717) is 0 Å². The second-order valence-electron chi connectivity index (χ2n) is 3.93. The summed E-state index contributed by atoms with van der Waals surface area (Å²) in [7, 11) is 0. The Morgan fingerprint density at radius 1 is 1.37 bits per heavy atom. The van der Waals surface area contributed by atoms with E-state index in [-0.39, 0.29) is 6.04 Å². The zero-order valence-electron chi connectivity index (χ0n) is 10.0. The molecule has 102 valence electrons. The van der Waals surface area contributed by atoms with E-state index in [1.165, 1.54) is 4.88 Å². The molecule has 2 rings (SSSR count). The summed E-state index contributed by atoms with van der Waals surface area (Å²) < 4.78 is 2.77. The average Bonchev–Trinajstić information content (AvgIpc) is 2.70. The van der Waals surface area contributed by atoms with Crippen LogP contribution >= 0.6 is 73.1 Å². The molecule has 1 heterocycles. The van der Waals surface area contributed by atoms with Crippen molar-refractivity contribution in [3.8, 4) is 0 Å². The second kappa shape index (κ2) is 7.09. The Hall–Kier alpha value is 0.670. The first-order valence-electron chi connectivity index (χ1n) is 5.66. The van der Waals surface area contributed by atoms with Crippen LogP contribution in [0.5, 0.6) is 0 Å². The molecule has 0 spiro atoms. The van der Waals surface area contributed by atoms with E-state index >= 15 is 0 Å². The minimum atomic E-state index is 0.119. The number of hydrogen-bond donors (Lipinski definition) is 1. The Morgan fingerprint density at radius 2 is 2.11 bits per heavy atom. The maximum Gasteiger partial charge on any atom is 0.107 e. The molecular weight excluding hydrogens is 480 g/mol. The van der Waals surface area contributed by atoms with Gasteiger partial charge in [0.2, 0.25) is 0 Å². The van der Waals surface area contributed by atoms with Crippen LogP contribution in [0.1, 0.15) is 23.4 Å². The lowest BCUT2D eigenvalue weighted by molar-refractivity contribution is 0.639. The molecule has 0 saturated carbocycles. The topological polar surface area (TPSA) is 12.0 Å². The van der Waals surface area contributed by atoms with Gasteiger partial charge in [-0.3, -0.25) is 0 Å². The van der Waals surface area contributed by atoms with Crippen LogP contribution in [0.4, 0.5) is 0 Å². The van der Waals surface area contributed by atoms with Crippen LogP contribution in [0, 0.1) is 3.57 Å². The fraction of sp³-hybridized carbons (Fsp3) is 0.231. The van der Waals surface area contributed by atoms with Crippen LogP contribution in [-0.2, 0) is 0 Å². The van der Waals surface area contributed by atoms with Gasteiger partial charge in [-0.2, -0.15) is 0 Å². The quantitative estimate of drug-likeness (QED) is 0.509. The van der Waals surface area contributed by atoms with Crippen molar-refractivity contribution in [1.29, 1.82) is 0 Å². The van der Waals surface area contributed by atoms with Crippen LogP contribution < -0.4 is 5.32 Å². The highest BCUT2D eigenvalue weighted by atomic mass is 127. The second-order valence-corrected chi connectivity index (χ2v) is 8.04. The van der Waals surface area contributed by atoms with E-state index in [2.05, 4.69) is 62.9 Å². The predicted molar refractivity (Wildman–Crippen MR) is 96.7 cm³/mol. The monoisotopic (exact) mass is 489 g/mol. The number of rotatable bonds is 4. The zero-order chi connectivity index (χ0) is 14.0. The van der Waals surface area contributed by atoms with Crippen molar-refractivity contribution in [2.75, 3.05) is 6.54 Å². The van der Waals surface area contributed by atoms with Gasteiger partial charge in [-0.05, 0) is 68.8 Å². The Kier molecular flexibility index (Phi) is 5.99. The summed E-state index contributed by atoms with van der Waals surface area (Å²) in [4.78, 5) is 1.18. The standard InChI is InChI=1S/C13H11BrCl2INS/c1-2-18-12(11-6-8(14)13(16)19-11)7-3-4-10(17)9(15)5-7/h3-6,12,18H,2H2,1H3. The highest BCUT2D eigenvalue weighted by Crippen LogP contribution is 2.38. The highest BCUT2D eigenvalue weighted by molar-refractivity contribution is 14.1. The largest absolute Gasteiger partial charge is 0.306 e. The molecule has 19 heavy (non-hydrogen) atoms. The van der Waals surface area contributed by atoms with Gasteiger partial charge in [-0.1, -0.05) is 36.2 Å². The van der Waals surface area contributed by atoms with Crippen LogP contribution in [0.3, 0.4) is 0 Å². The van der Waals surface area contributed by atoms with E-state index in [9.17, 15) is 0 Å². The van der Waals surface area contributed by atoms with Gasteiger partial charge in [0.05, 0.1) is 11.1 Å². The fourth-order valence-corrected chi connectivity index (χ4v) is 4.15. The van der Waals surface area contributed by atoms with Gasteiger partial charge in [0.1, 0.15) is 4.34 Å². The van der Waals surface area contributed by atoms with E-state index in [0.717, 1.165) is 29.5 Å². The Morgan fingerprint density at radius 3 is 2.63 bits per heavy atom. The van der Waals surface area contributed by atoms with Gasteiger partial charge < -0.3 is 5.32 Å². The summed E-state index contributed by atoms with van der Waals surface area (Å²) >= 11 is 19.6. The minimum absolute atomic E-state index is 0.119. The smallest absolute Gasteiger partial charge is 0.107 e. The first kappa shape index (κ1) is 16.0. The molecule has 6 heteroatoms. The van der Waals surface area contributed by atoms with Gasteiger partial charge in [-0.15, -0.1) is 11.3 Å².